The van der Waals surface area contributed by atoms with E-state index < -0.39 is 0 Å². The van der Waals surface area contributed by atoms with Gasteiger partial charge in [0.2, 0.25) is 0 Å². The van der Waals surface area contributed by atoms with E-state index >= 15 is 0 Å². The number of rotatable bonds is 3. The molecule has 0 spiro atoms. The molecule has 2 unspecified atom stereocenters. The minimum Gasteiger partial charge on any atom is -0.316 e. The number of Topliss-reactive ketones (excluding diaryl/α,β-unsaturated/α-hetero) is 1. The van der Waals surface area contributed by atoms with Gasteiger partial charge in [-0.1, -0.05) is 6.92 Å². The maximum Gasteiger partial charge on any atom is 0.146 e. The van der Waals surface area contributed by atoms with E-state index in [1.165, 1.54) is 0 Å². The van der Waals surface area contributed by atoms with Gasteiger partial charge in [-0.25, -0.2) is 0 Å². The molecule has 2 aliphatic rings. The van der Waals surface area contributed by atoms with E-state index in [1.54, 1.807) is 0 Å². The molecule has 2 rings (SSSR count). The lowest BCUT2D eigenvalue weighted by Crippen LogP contribution is -2.30. The Hall–Kier alpha value is -0.410. The lowest BCUT2D eigenvalue weighted by Gasteiger charge is -2.14. The monoisotopic (exact) mass is 182 g/mol. The van der Waals surface area contributed by atoms with E-state index in [4.69, 9.17) is 0 Å². The van der Waals surface area contributed by atoms with Crippen molar-refractivity contribution in [2.24, 2.45) is 11.8 Å². The molecule has 2 saturated heterocycles. The number of nitrogens with one attached hydrogen (secondary N) is 1. The molecule has 0 aromatic heterocycles. The third-order valence-corrected chi connectivity index (χ3v) is 3.26. The fourth-order valence-electron chi connectivity index (χ4n) is 2.44. The molecule has 2 heterocycles. The van der Waals surface area contributed by atoms with Crippen molar-refractivity contribution in [3.8, 4) is 0 Å². The molecule has 74 valence electrons. The number of hydrogen-bond donors (Lipinski definition) is 1. The van der Waals surface area contributed by atoms with Gasteiger partial charge in [0.15, 0.2) is 0 Å². The van der Waals surface area contributed by atoms with Crippen LogP contribution >= 0.6 is 0 Å². The van der Waals surface area contributed by atoms with E-state index in [0.29, 0.717) is 18.7 Å². The second-order valence-electron chi connectivity index (χ2n) is 4.26. The van der Waals surface area contributed by atoms with Crippen LogP contribution in [0.15, 0.2) is 0 Å². The minimum atomic E-state index is 0.382. The maximum absolute atomic E-state index is 11.2. The molecule has 3 nitrogen and oxygen atoms in total. The average Bonchev–Trinajstić information content (AvgIpc) is 2.63. The van der Waals surface area contributed by atoms with Crippen molar-refractivity contribution < 1.29 is 4.79 Å². The van der Waals surface area contributed by atoms with E-state index in [1.807, 2.05) is 6.92 Å². The van der Waals surface area contributed by atoms with Gasteiger partial charge < -0.3 is 5.32 Å². The second kappa shape index (κ2) is 3.76. The molecule has 0 amide bonds. The molecule has 0 aliphatic carbocycles. The zero-order valence-electron chi connectivity index (χ0n) is 8.25. The number of fused-ring (bicyclic) bond motifs is 1. The summed E-state index contributed by atoms with van der Waals surface area (Å²) in [4.78, 5) is 13.6. The van der Waals surface area contributed by atoms with Crippen LogP contribution in [-0.4, -0.2) is 43.4 Å². The standard InChI is InChI=1S/C10H18N2O/c1-2-10(13)7-12-5-8-3-11-4-9(8)6-12/h8-9,11H,2-7H2,1H3. The summed E-state index contributed by atoms with van der Waals surface area (Å²) in [5.74, 6) is 2.00. The van der Waals surface area contributed by atoms with Gasteiger partial charge in [-0.2, -0.15) is 0 Å². The Morgan fingerprint density at radius 2 is 2.00 bits per heavy atom. The van der Waals surface area contributed by atoms with Crippen LogP contribution in [0.1, 0.15) is 13.3 Å². The van der Waals surface area contributed by atoms with Crippen molar-refractivity contribution in [3.63, 3.8) is 0 Å². The third-order valence-electron chi connectivity index (χ3n) is 3.26. The number of ketones is 1. The van der Waals surface area contributed by atoms with Crippen molar-refractivity contribution in [2.45, 2.75) is 13.3 Å². The van der Waals surface area contributed by atoms with Crippen LogP contribution in [0.3, 0.4) is 0 Å². The Kier molecular flexibility index (Phi) is 2.65. The van der Waals surface area contributed by atoms with Gasteiger partial charge in [-0.3, -0.25) is 9.69 Å². The Balaban J connectivity index is 1.82. The summed E-state index contributed by atoms with van der Waals surface area (Å²) in [5.41, 5.74) is 0. The third kappa shape index (κ3) is 1.92. The SMILES string of the molecule is CCC(=O)CN1CC2CNCC2C1. The highest BCUT2D eigenvalue weighted by atomic mass is 16.1. The van der Waals surface area contributed by atoms with Crippen LogP contribution < -0.4 is 5.32 Å². The number of hydrogen-bond acceptors (Lipinski definition) is 3. The largest absolute Gasteiger partial charge is 0.316 e. The average molecular weight is 182 g/mol. The van der Waals surface area contributed by atoms with Crippen molar-refractivity contribution in [3.05, 3.63) is 0 Å². The molecule has 2 fully saturated rings. The zero-order chi connectivity index (χ0) is 9.26. The molecule has 13 heavy (non-hydrogen) atoms. The van der Waals surface area contributed by atoms with Crippen molar-refractivity contribution in [1.29, 1.82) is 0 Å². The first-order chi connectivity index (χ1) is 6.29. The fourth-order valence-corrected chi connectivity index (χ4v) is 2.44. The van der Waals surface area contributed by atoms with E-state index in [0.717, 1.165) is 38.0 Å². The van der Waals surface area contributed by atoms with Crippen molar-refractivity contribution in [1.82, 2.24) is 10.2 Å². The highest BCUT2D eigenvalue weighted by molar-refractivity contribution is 5.80. The Bertz CT molecular complexity index is 193. The van der Waals surface area contributed by atoms with Crippen LogP contribution in [0.2, 0.25) is 0 Å². The second-order valence-corrected chi connectivity index (χ2v) is 4.26. The summed E-state index contributed by atoms with van der Waals surface area (Å²) in [7, 11) is 0. The molecule has 0 radical (unpaired) electrons. The molecular weight excluding hydrogens is 164 g/mol. The molecule has 0 aromatic carbocycles. The van der Waals surface area contributed by atoms with Crippen LogP contribution in [0, 0.1) is 11.8 Å². The minimum absolute atomic E-state index is 0.382. The summed E-state index contributed by atoms with van der Waals surface area (Å²) >= 11 is 0. The number of carbonyl (C=O) groups is 1. The predicted octanol–water partition coefficient (Wildman–Crippen LogP) is 0.117. The van der Waals surface area contributed by atoms with Gasteiger partial charge in [-0.05, 0) is 24.9 Å². The van der Waals surface area contributed by atoms with Gasteiger partial charge in [-0.15, -0.1) is 0 Å². The van der Waals surface area contributed by atoms with Gasteiger partial charge in [0.25, 0.3) is 0 Å². The zero-order valence-corrected chi connectivity index (χ0v) is 8.25. The molecule has 0 aromatic rings. The summed E-state index contributed by atoms with van der Waals surface area (Å²) in [6, 6.07) is 0. The summed E-state index contributed by atoms with van der Waals surface area (Å²) in [6.07, 6.45) is 0.685. The lowest BCUT2D eigenvalue weighted by molar-refractivity contribution is -0.119. The molecule has 1 N–H and O–H groups in total. The summed E-state index contributed by atoms with van der Waals surface area (Å²) < 4.78 is 0. The molecule has 0 bridgehead atoms. The summed E-state index contributed by atoms with van der Waals surface area (Å²) in [5, 5.41) is 3.40. The normalized spacial score (nSPS) is 33.6. The molecule has 2 atom stereocenters. The van der Waals surface area contributed by atoms with E-state index in [2.05, 4.69) is 10.2 Å². The van der Waals surface area contributed by atoms with Crippen molar-refractivity contribution in [2.75, 3.05) is 32.7 Å². The van der Waals surface area contributed by atoms with Gasteiger partial charge in [0.1, 0.15) is 5.78 Å². The molecule has 2 aliphatic heterocycles. The van der Waals surface area contributed by atoms with Gasteiger partial charge in [0.05, 0.1) is 6.54 Å². The topological polar surface area (TPSA) is 32.3 Å². The predicted molar refractivity (Wildman–Crippen MR) is 51.6 cm³/mol. The van der Waals surface area contributed by atoms with Gasteiger partial charge in [0, 0.05) is 19.5 Å². The van der Waals surface area contributed by atoms with Crippen LogP contribution in [0.5, 0.6) is 0 Å². The molecular formula is C10H18N2O. The Morgan fingerprint density at radius 3 is 2.54 bits per heavy atom. The maximum atomic E-state index is 11.2. The van der Waals surface area contributed by atoms with E-state index in [9.17, 15) is 4.79 Å². The first-order valence-corrected chi connectivity index (χ1v) is 5.24. The fraction of sp³-hybridized carbons (Fsp3) is 0.900. The van der Waals surface area contributed by atoms with Gasteiger partial charge >= 0.3 is 0 Å². The number of likely N-dealkylation sites (tertiary alicyclic amines) is 1. The summed E-state index contributed by atoms with van der Waals surface area (Å²) in [6.45, 7) is 7.19. The number of carbonyl (C=O) groups excluding carboxylic acids is 1. The van der Waals surface area contributed by atoms with E-state index in [-0.39, 0.29) is 0 Å². The Labute approximate surface area is 79.5 Å². The van der Waals surface area contributed by atoms with Crippen molar-refractivity contribution >= 4 is 5.78 Å². The van der Waals surface area contributed by atoms with Crippen LogP contribution in [-0.2, 0) is 4.79 Å². The van der Waals surface area contributed by atoms with Crippen LogP contribution in [0.4, 0.5) is 0 Å². The highest BCUT2D eigenvalue weighted by Crippen LogP contribution is 2.25. The quantitative estimate of drug-likeness (QED) is 0.672. The smallest absolute Gasteiger partial charge is 0.146 e. The Morgan fingerprint density at radius 1 is 1.38 bits per heavy atom. The molecule has 0 saturated carbocycles. The number of nitrogens with zero attached hydrogens (tertiary/aromatic N) is 1. The highest BCUT2D eigenvalue weighted by Gasteiger charge is 2.36. The van der Waals surface area contributed by atoms with Crippen LogP contribution in [0.25, 0.3) is 0 Å². The lowest BCUT2D eigenvalue weighted by atomic mass is 10.0. The molecule has 3 heteroatoms. The first-order valence-electron chi connectivity index (χ1n) is 5.24. The first kappa shape index (κ1) is 9.16.